The molecule has 0 bridgehead atoms. The van der Waals surface area contributed by atoms with E-state index in [0.29, 0.717) is 11.5 Å². The maximum Gasteiger partial charge on any atom is 0.159 e. The molecule has 0 fully saturated rings. The third-order valence-corrected chi connectivity index (χ3v) is 3.16. The topological polar surface area (TPSA) is 63.8 Å². The van der Waals surface area contributed by atoms with Crippen LogP contribution in [0.15, 0.2) is 35.1 Å². The standard InChI is InChI=1S/C12H11BrN4S/c1-7-2-3-9(8(13)6-7)17-12-10(11(14)18)15-4-5-16-12/h2-6H,1H3,(H2,14,18)(H,16,17). The van der Waals surface area contributed by atoms with Crippen molar-refractivity contribution in [3.05, 3.63) is 46.3 Å². The van der Waals surface area contributed by atoms with E-state index in [1.807, 2.05) is 25.1 Å². The van der Waals surface area contributed by atoms with Gasteiger partial charge in [-0.15, -0.1) is 0 Å². The number of halogens is 1. The van der Waals surface area contributed by atoms with Crippen LogP contribution in [0.1, 0.15) is 11.3 Å². The second-order valence-corrected chi connectivity index (χ2v) is 5.02. The number of nitrogens with zero attached hydrogens (tertiary/aromatic N) is 2. The molecule has 6 heteroatoms. The van der Waals surface area contributed by atoms with Crippen molar-refractivity contribution in [1.29, 1.82) is 0 Å². The molecule has 2 aromatic rings. The van der Waals surface area contributed by atoms with Crippen LogP contribution in [0.3, 0.4) is 0 Å². The number of thiocarbonyl (C=S) groups is 1. The number of rotatable bonds is 3. The lowest BCUT2D eigenvalue weighted by Crippen LogP contribution is -2.15. The zero-order valence-electron chi connectivity index (χ0n) is 9.64. The third kappa shape index (κ3) is 2.83. The second-order valence-electron chi connectivity index (χ2n) is 3.73. The van der Waals surface area contributed by atoms with Crippen LogP contribution in [0.4, 0.5) is 11.5 Å². The maximum absolute atomic E-state index is 5.61. The van der Waals surface area contributed by atoms with E-state index in [1.165, 1.54) is 5.56 Å². The molecule has 0 atom stereocenters. The van der Waals surface area contributed by atoms with Gasteiger partial charge in [-0.25, -0.2) is 9.97 Å². The first-order valence-electron chi connectivity index (χ1n) is 5.22. The number of nitrogens with two attached hydrogens (primary N) is 1. The van der Waals surface area contributed by atoms with E-state index in [0.717, 1.165) is 10.2 Å². The lowest BCUT2D eigenvalue weighted by atomic mass is 10.2. The highest BCUT2D eigenvalue weighted by molar-refractivity contribution is 9.10. The van der Waals surface area contributed by atoms with Crippen molar-refractivity contribution in [3.8, 4) is 0 Å². The Morgan fingerprint density at radius 3 is 2.72 bits per heavy atom. The van der Waals surface area contributed by atoms with Gasteiger partial charge in [-0.1, -0.05) is 18.3 Å². The minimum atomic E-state index is 0.217. The third-order valence-electron chi connectivity index (χ3n) is 2.31. The Morgan fingerprint density at radius 1 is 1.33 bits per heavy atom. The molecule has 0 saturated heterocycles. The molecule has 3 N–H and O–H groups in total. The summed E-state index contributed by atoms with van der Waals surface area (Å²) in [6.07, 6.45) is 3.15. The van der Waals surface area contributed by atoms with Gasteiger partial charge in [-0.05, 0) is 40.5 Å². The minimum absolute atomic E-state index is 0.217. The average molecular weight is 323 g/mol. The molecule has 0 amide bonds. The molecule has 0 spiro atoms. The first-order valence-corrected chi connectivity index (χ1v) is 6.42. The summed E-state index contributed by atoms with van der Waals surface area (Å²) in [5, 5.41) is 3.16. The molecule has 0 aliphatic rings. The van der Waals surface area contributed by atoms with Crippen LogP contribution in [0.25, 0.3) is 0 Å². The monoisotopic (exact) mass is 322 g/mol. The van der Waals surface area contributed by atoms with Crippen molar-refractivity contribution < 1.29 is 0 Å². The Kier molecular flexibility index (Phi) is 3.88. The van der Waals surface area contributed by atoms with Crippen LogP contribution in [0.2, 0.25) is 0 Å². The number of aryl methyl sites for hydroxylation is 1. The molecule has 4 nitrogen and oxygen atoms in total. The van der Waals surface area contributed by atoms with Gasteiger partial charge >= 0.3 is 0 Å². The number of hydrogen-bond donors (Lipinski definition) is 2. The molecule has 92 valence electrons. The molecule has 0 aliphatic heterocycles. The Balaban J connectivity index is 2.37. The van der Waals surface area contributed by atoms with Gasteiger partial charge in [0.1, 0.15) is 10.7 Å². The molecular weight excluding hydrogens is 312 g/mol. The fourth-order valence-corrected chi connectivity index (χ4v) is 2.20. The number of anilines is 2. The van der Waals surface area contributed by atoms with E-state index in [4.69, 9.17) is 18.0 Å². The molecule has 2 rings (SSSR count). The summed E-state index contributed by atoms with van der Waals surface area (Å²) in [7, 11) is 0. The Bertz CT molecular complexity index is 600. The van der Waals surface area contributed by atoms with Gasteiger partial charge in [-0.3, -0.25) is 0 Å². The van der Waals surface area contributed by atoms with Gasteiger partial charge in [0.15, 0.2) is 5.82 Å². The molecule has 0 saturated carbocycles. The maximum atomic E-state index is 5.61. The second kappa shape index (κ2) is 5.41. The van der Waals surface area contributed by atoms with Gasteiger partial charge in [0.25, 0.3) is 0 Å². The number of benzene rings is 1. The lowest BCUT2D eigenvalue weighted by molar-refractivity contribution is 1.18. The Labute approximate surface area is 119 Å². The first kappa shape index (κ1) is 12.9. The van der Waals surface area contributed by atoms with Crippen molar-refractivity contribution in [3.63, 3.8) is 0 Å². The van der Waals surface area contributed by atoms with Gasteiger partial charge < -0.3 is 11.1 Å². The molecule has 1 aromatic carbocycles. The van der Waals surface area contributed by atoms with Crippen LogP contribution < -0.4 is 11.1 Å². The normalized spacial score (nSPS) is 10.1. The van der Waals surface area contributed by atoms with Crippen LogP contribution in [0.5, 0.6) is 0 Å². The predicted octanol–water partition coefficient (Wildman–Crippen LogP) is 2.93. The van der Waals surface area contributed by atoms with E-state index in [1.54, 1.807) is 12.4 Å². The van der Waals surface area contributed by atoms with Gasteiger partial charge in [0, 0.05) is 16.9 Å². The van der Waals surface area contributed by atoms with E-state index in [2.05, 4.69) is 31.2 Å². The first-order chi connectivity index (χ1) is 8.58. The van der Waals surface area contributed by atoms with Gasteiger partial charge in [0.2, 0.25) is 0 Å². The van der Waals surface area contributed by atoms with Crippen molar-refractivity contribution in [1.82, 2.24) is 9.97 Å². The summed E-state index contributed by atoms with van der Waals surface area (Å²) in [6, 6.07) is 5.97. The summed E-state index contributed by atoms with van der Waals surface area (Å²) in [5.74, 6) is 0.551. The van der Waals surface area contributed by atoms with Crippen LogP contribution >= 0.6 is 28.1 Å². The van der Waals surface area contributed by atoms with Gasteiger partial charge in [0.05, 0.1) is 5.69 Å². The summed E-state index contributed by atoms with van der Waals surface area (Å²) >= 11 is 8.43. The van der Waals surface area contributed by atoms with Gasteiger partial charge in [-0.2, -0.15) is 0 Å². The highest BCUT2D eigenvalue weighted by Crippen LogP contribution is 2.26. The van der Waals surface area contributed by atoms with Crippen molar-refractivity contribution in [2.45, 2.75) is 6.92 Å². The number of aromatic nitrogens is 2. The molecule has 0 radical (unpaired) electrons. The van der Waals surface area contributed by atoms with E-state index >= 15 is 0 Å². The molecule has 0 aliphatic carbocycles. The van der Waals surface area contributed by atoms with E-state index in [9.17, 15) is 0 Å². The zero-order valence-corrected chi connectivity index (χ0v) is 12.0. The molecular formula is C12H11BrN4S. The van der Waals surface area contributed by atoms with E-state index in [-0.39, 0.29) is 4.99 Å². The van der Waals surface area contributed by atoms with Crippen LogP contribution in [0, 0.1) is 6.92 Å². The minimum Gasteiger partial charge on any atom is -0.388 e. The van der Waals surface area contributed by atoms with Crippen LogP contribution in [-0.4, -0.2) is 15.0 Å². The summed E-state index contributed by atoms with van der Waals surface area (Å²) in [5.41, 5.74) is 8.15. The summed E-state index contributed by atoms with van der Waals surface area (Å²) < 4.78 is 0.946. The number of hydrogen-bond acceptors (Lipinski definition) is 4. The SMILES string of the molecule is Cc1ccc(Nc2nccnc2C(N)=S)c(Br)c1. The highest BCUT2D eigenvalue weighted by atomic mass is 79.9. The molecule has 0 unspecified atom stereocenters. The van der Waals surface area contributed by atoms with Crippen molar-refractivity contribution in [2.75, 3.05) is 5.32 Å². The predicted molar refractivity (Wildman–Crippen MR) is 80.1 cm³/mol. The molecule has 18 heavy (non-hydrogen) atoms. The van der Waals surface area contributed by atoms with Crippen molar-refractivity contribution in [2.24, 2.45) is 5.73 Å². The summed E-state index contributed by atoms with van der Waals surface area (Å²) in [4.78, 5) is 8.53. The molecule has 1 heterocycles. The largest absolute Gasteiger partial charge is 0.388 e. The Morgan fingerprint density at radius 2 is 2.06 bits per heavy atom. The quantitative estimate of drug-likeness (QED) is 0.851. The van der Waals surface area contributed by atoms with E-state index < -0.39 is 0 Å². The lowest BCUT2D eigenvalue weighted by Gasteiger charge is -2.10. The fourth-order valence-electron chi connectivity index (χ4n) is 1.46. The van der Waals surface area contributed by atoms with Crippen LogP contribution in [-0.2, 0) is 0 Å². The highest BCUT2D eigenvalue weighted by Gasteiger charge is 2.09. The van der Waals surface area contributed by atoms with Crippen molar-refractivity contribution >= 4 is 44.6 Å². The average Bonchev–Trinajstić information content (AvgIpc) is 2.33. The Hall–Kier alpha value is -1.53. The molecule has 1 aromatic heterocycles. The zero-order chi connectivity index (χ0) is 13.1. The smallest absolute Gasteiger partial charge is 0.159 e. The number of nitrogens with one attached hydrogen (secondary N) is 1. The summed E-state index contributed by atoms with van der Waals surface area (Å²) in [6.45, 7) is 2.03. The fraction of sp³-hybridized carbons (Fsp3) is 0.0833.